The van der Waals surface area contributed by atoms with E-state index in [0.717, 1.165) is 4.90 Å². The molecule has 6 nitrogen and oxygen atoms in total. The Hall–Kier alpha value is -2.22. The van der Waals surface area contributed by atoms with Gasteiger partial charge in [0.25, 0.3) is 5.91 Å². The van der Waals surface area contributed by atoms with Crippen LogP contribution in [-0.2, 0) is 4.79 Å². The minimum atomic E-state index is -1.38. The molecule has 0 aliphatic carbocycles. The smallest absolute Gasteiger partial charge is 0.329 e. The Kier molecular flexibility index (Phi) is 4.56. The summed E-state index contributed by atoms with van der Waals surface area (Å²) in [6.45, 7) is 2.86. The van der Waals surface area contributed by atoms with Crippen molar-refractivity contribution in [1.82, 2.24) is 14.7 Å². The summed E-state index contributed by atoms with van der Waals surface area (Å²) in [4.78, 5) is 24.9. The Balaban J connectivity index is 2.36. The normalized spacial score (nSPS) is 11.3. The number of hydrogen-bond acceptors (Lipinski definition) is 3. The number of hydrogen-bond donors (Lipinski definition) is 1. The van der Waals surface area contributed by atoms with Crippen LogP contribution in [0.4, 0.5) is 4.39 Å². The van der Waals surface area contributed by atoms with Crippen molar-refractivity contribution in [2.45, 2.75) is 19.4 Å². The lowest BCUT2D eigenvalue weighted by Crippen LogP contribution is -2.51. The first-order valence-electron chi connectivity index (χ1n) is 6.67. The highest BCUT2D eigenvalue weighted by atomic mass is 79.9. The summed E-state index contributed by atoms with van der Waals surface area (Å²) in [6, 6.07) is 5.61. The molecule has 0 aliphatic rings. The van der Waals surface area contributed by atoms with Gasteiger partial charge in [-0.1, -0.05) is 0 Å². The molecule has 2 rings (SSSR count). The Morgan fingerprint density at radius 2 is 1.87 bits per heavy atom. The van der Waals surface area contributed by atoms with Gasteiger partial charge in [-0.05, 0) is 54.0 Å². The number of nitrogens with zero attached hydrogens (tertiary/aromatic N) is 3. The standard InChI is InChI=1S/C15H15BrFN3O3/c1-15(2,14(22)23)19(3)13(21)12-11(16)8-20(18-12)10-6-4-9(17)5-7-10/h4-8H,1-3H3,(H,22,23). The highest BCUT2D eigenvalue weighted by Crippen LogP contribution is 2.22. The van der Waals surface area contributed by atoms with E-state index in [2.05, 4.69) is 21.0 Å². The van der Waals surface area contributed by atoms with Gasteiger partial charge < -0.3 is 10.0 Å². The lowest BCUT2D eigenvalue weighted by Gasteiger charge is -2.30. The van der Waals surface area contributed by atoms with Crippen molar-refractivity contribution in [1.29, 1.82) is 0 Å². The average molecular weight is 384 g/mol. The van der Waals surface area contributed by atoms with Gasteiger partial charge >= 0.3 is 5.97 Å². The van der Waals surface area contributed by atoms with Crippen LogP contribution in [-0.4, -0.2) is 44.3 Å². The molecule has 0 saturated heterocycles. The second kappa shape index (κ2) is 6.11. The van der Waals surface area contributed by atoms with E-state index in [1.54, 1.807) is 6.20 Å². The predicted molar refractivity (Wildman–Crippen MR) is 85.0 cm³/mol. The molecule has 0 spiro atoms. The molecular formula is C15H15BrFN3O3. The largest absolute Gasteiger partial charge is 0.480 e. The topological polar surface area (TPSA) is 75.4 Å². The summed E-state index contributed by atoms with van der Waals surface area (Å²) in [5.41, 5.74) is -0.728. The van der Waals surface area contributed by atoms with Gasteiger partial charge in [-0.15, -0.1) is 0 Å². The van der Waals surface area contributed by atoms with E-state index in [9.17, 15) is 19.1 Å². The summed E-state index contributed by atoms with van der Waals surface area (Å²) in [6.07, 6.45) is 1.56. The molecule has 1 aromatic heterocycles. The fourth-order valence-corrected chi connectivity index (χ4v) is 2.22. The van der Waals surface area contributed by atoms with E-state index >= 15 is 0 Å². The van der Waals surface area contributed by atoms with Gasteiger partial charge in [0.1, 0.15) is 11.4 Å². The maximum absolute atomic E-state index is 13.0. The van der Waals surface area contributed by atoms with E-state index in [0.29, 0.717) is 10.2 Å². The first-order valence-corrected chi connectivity index (χ1v) is 7.46. The third-order valence-electron chi connectivity index (χ3n) is 3.63. The number of carbonyl (C=O) groups is 2. The molecule has 0 bridgehead atoms. The van der Waals surface area contributed by atoms with Gasteiger partial charge in [-0.3, -0.25) is 4.79 Å². The first kappa shape index (κ1) is 17.1. The number of rotatable bonds is 4. The fourth-order valence-electron chi connectivity index (χ4n) is 1.78. The third-order valence-corrected chi connectivity index (χ3v) is 4.21. The van der Waals surface area contributed by atoms with Crippen LogP contribution in [0.5, 0.6) is 0 Å². The van der Waals surface area contributed by atoms with E-state index in [4.69, 9.17) is 0 Å². The minimum absolute atomic E-state index is 0.0751. The summed E-state index contributed by atoms with van der Waals surface area (Å²) in [5.74, 6) is -2.04. The monoisotopic (exact) mass is 383 g/mol. The number of amides is 1. The van der Waals surface area contributed by atoms with Crippen LogP contribution in [0.1, 0.15) is 24.3 Å². The Morgan fingerprint density at radius 3 is 2.39 bits per heavy atom. The number of carboxylic acids is 1. The van der Waals surface area contributed by atoms with Crippen LogP contribution >= 0.6 is 15.9 Å². The van der Waals surface area contributed by atoms with Crippen molar-refractivity contribution in [3.05, 3.63) is 46.4 Å². The second-order valence-electron chi connectivity index (χ2n) is 5.47. The number of aliphatic carboxylic acids is 1. The molecule has 0 unspecified atom stereocenters. The zero-order valence-corrected chi connectivity index (χ0v) is 14.3. The zero-order chi connectivity index (χ0) is 17.4. The molecule has 1 amide bonds. The van der Waals surface area contributed by atoms with Crippen molar-refractivity contribution in [3.8, 4) is 5.69 Å². The lowest BCUT2D eigenvalue weighted by molar-refractivity contribution is -0.147. The molecule has 23 heavy (non-hydrogen) atoms. The SMILES string of the molecule is CN(C(=O)c1nn(-c2ccc(F)cc2)cc1Br)C(C)(C)C(=O)O. The number of carbonyl (C=O) groups excluding carboxylic acids is 1. The van der Waals surface area contributed by atoms with Crippen molar-refractivity contribution >= 4 is 27.8 Å². The van der Waals surface area contributed by atoms with Gasteiger partial charge in [0, 0.05) is 13.2 Å². The summed E-state index contributed by atoms with van der Waals surface area (Å²) in [7, 11) is 1.40. The third kappa shape index (κ3) is 3.26. The number of benzene rings is 1. The number of likely N-dealkylation sites (N-methyl/N-ethyl adjacent to an activating group) is 1. The van der Waals surface area contributed by atoms with Crippen molar-refractivity contribution in [2.24, 2.45) is 0 Å². The zero-order valence-electron chi connectivity index (χ0n) is 12.7. The Labute approximate surface area is 140 Å². The molecule has 122 valence electrons. The van der Waals surface area contributed by atoms with Crippen molar-refractivity contribution < 1.29 is 19.1 Å². The molecule has 0 atom stereocenters. The van der Waals surface area contributed by atoms with E-state index < -0.39 is 17.4 Å². The molecule has 1 N–H and O–H groups in total. The number of halogens is 2. The molecule has 0 saturated carbocycles. The highest BCUT2D eigenvalue weighted by Gasteiger charge is 2.37. The molecule has 0 fully saturated rings. The fraction of sp³-hybridized carbons (Fsp3) is 0.267. The molecule has 0 radical (unpaired) electrons. The van der Waals surface area contributed by atoms with E-state index in [1.165, 1.54) is 49.8 Å². The summed E-state index contributed by atoms with van der Waals surface area (Å²) in [5, 5.41) is 13.4. The molecule has 2 aromatic rings. The van der Waals surface area contributed by atoms with E-state index in [-0.39, 0.29) is 11.5 Å². The van der Waals surface area contributed by atoms with Crippen LogP contribution in [0.3, 0.4) is 0 Å². The summed E-state index contributed by atoms with van der Waals surface area (Å²) >= 11 is 3.25. The highest BCUT2D eigenvalue weighted by molar-refractivity contribution is 9.10. The molecule has 8 heteroatoms. The first-order chi connectivity index (χ1) is 10.6. The number of carboxylic acid groups (broad SMARTS) is 1. The van der Waals surface area contributed by atoms with Gasteiger partial charge in [-0.25, -0.2) is 13.9 Å². The van der Waals surface area contributed by atoms with Crippen LogP contribution < -0.4 is 0 Å². The van der Waals surface area contributed by atoms with E-state index in [1.807, 2.05) is 0 Å². The van der Waals surface area contributed by atoms with Gasteiger partial charge in [-0.2, -0.15) is 5.10 Å². The van der Waals surface area contributed by atoms with Crippen LogP contribution in [0.15, 0.2) is 34.9 Å². The Bertz CT molecular complexity index is 756. The van der Waals surface area contributed by atoms with Crippen LogP contribution in [0.25, 0.3) is 5.69 Å². The maximum Gasteiger partial charge on any atom is 0.329 e. The number of aromatic nitrogens is 2. The minimum Gasteiger partial charge on any atom is -0.480 e. The molecular weight excluding hydrogens is 369 g/mol. The van der Waals surface area contributed by atoms with Gasteiger partial charge in [0.15, 0.2) is 5.69 Å². The van der Waals surface area contributed by atoms with Gasteiger partial charge in [0.2, 0.25) is 0 Å². The molecule has 0 aliphatic heterocycles. The maximum atomic E-state index is 13.0. The lowest BCUT2D eigenvalue weighted by atomic mass is 10.0. The molecule has 1 heterocycles. The Morgan fingerprint density at radius 1 is 1.30 bits per heavy atom. The average Bonchev–Trinajstić information content (AvgIpc) is 2.88. The van der Waals surface area contributed by atoms with Crippen molar-refractivity contribution in [2.75, 3.05) is 7.05 Å². The summed E-state index contributed by atoms with van der Waals surface area (Å²) < 4.78 is 14.8. The predicted octanol–water partition coefficient (Wildman–Crippen LogP) is 2.71. The quantitative estimate of drug-likeness (QED) is 0.880. The second-order valence-corrected chi connectivity index (χ2v) is 6.33. The van der Waals surface area contributed by atoms with Crippen LogP contribution in [0.2, 0.25) is 0 Å². The van der Waals surface area contributed by atoms with Gasteiger partial charge in [0.05, 0.1) is 10.2 Å². The van der Waals surface area contributed by atoms with Crippen LogP contribution in [0, 0.1) is 5.82 Å². The molecule has 1 aromatic carbocycles. The van der Waals surface area contributed by atoms with Crippen molar-refractivity contribution in [3.63, 3.8) is 0 Å².